The highest BCUT2D eigenvalue weighted by molar-refractivity contribution is 5.78. The summed E-state index contributed by atoms with van der Waals surface area (Å²) in [6, 6.07) is 0. The molecule has 0 saturated heterocycles. The summed E-state index contributed by atoms with van der Waals surface area (Å²) in [5.74, 6) is -1.11. The average Bonchev–Trinajstić information content (AvgIpc) is 2.10. The van der Waals surface area contributed by atoms with E-state index >= 15 is 0 Å². The number of nitrogens with two attached hydrogens (primary N) is 1. The van der Waals surface area contributed by atoms with Gasteiger partial charge in [0.2, 0.25) is 5.91 Å². The summed E-state index contributed by atoms with van der Waals surface area (Å²) in [4.78, 5) is 12.1. The fourth-order valence-electron chi connectivity index (χ4n) is 0.974. The van der Waals surface area contributed by atoms with E-state index in [0.717, 1.165) is 4.90 Å². The van der Waals surface area contributed by atoms with Crippen LogP contribution in [0.4, 0.5) is 13.2 Å². The molecular weight excluding hydrogens is 197 g/mol. The number of hydrogen-bond donors (Lipinski definition) is 1. The van der Waals surface area contributed by atoms with Gasteiger partial charge in [0, 0.05) is 19.0 Å². The van der Waals surface area contributed by atoms with Gasteiger partial charge in [-0.15, -0.1) is 0 Å². The Balaban J connectivity index is 4.34. The zero-order valence-corrected chi connectivity index (χ0v) is 8.27. The lowest BCUT2D eigenvalue weighted by atomic mass is 10.1. The SMILES string of the molecule is CCN(CC(F)(F)F)C(=O)C(C)CN. The Morgan fingerprint density at radius 3 is 2.29 bits per heavy atom. The van der Waals surface area contributed by atoms with Crippen LogP contribution in [0.3, 0.4) is 0 Å². The summed E-state index contributed by atoms with van der Waals surface area (Å²) < 4.78 is 36.0. The first kappa shape index (κ1) is 13.2. The van der Waals surface area contributed by atoms with Crippen molar-refractivity contribution in [2.75, 3.05) is 19.6 Å². The van der Waals surface area contributed by atoms with Crippen LogP contribution >= 0.6 is 0 Å². The highest BCUT2D eigenvalue weighted by atomic mass is 19.4. The van der Waals surface area contributed by atoms with Crippen molar-refractivity contribution >= 4 is 5.91 Å². The molecule has 3 nitrogen and oxygen atoms in total. The first-order valence-corrected chi connectivity index (χ1v) is 4.37. The van der Waals surface area contributed by atoms with E-state index < -0.39 is 24.5 Å². The van der Waals surface area contributed by atoms with Crippen LogP contribution < -0.4 is 5.73 Å². The quantitative estimate of drug-likeness (QED) is 0.755. The Bertz CT molecular complexity index is 194. The van der Waals surface area contributed by atoms with Crippen LogP contribution in [0.25, 0.3) is 0 Å². The molecule has 0 heterocycles. The summed E-state index contributed by atoms with van der Waals surface area (Å²) >= 11 is 0. The van der Waals surface area contributed by atoms with E-state index in [1.165, 1.54) is 13.8 Å². The summed E-state index contributed by atoms with van der Waals surface area (Å²) in [6.45, 7) is 1.93. The molecule has 0 aromatic carbocycles. The lowest BCUT2D eigenvalue weighted by Gasteiger charge is -2.24. The second-order valence-electron chi connectivity index (χ2n) is 3.10. The molecule has 0 radical (unpaired) electrons. The third-order valence-electron chi connectivity index (χ3n) is 1.84. The van der Waals surface area contributed by atoms with Gasteiger partial charge >= 0.3 is 6.18 Å². The lowest BCUT2D eigenvalue weighted by Crippen LogP contribution is -2.43. The average molecular weight is 212 g/mol. The van der Waals surface area contributed by atoms with Crippen LogP contribution in [-0.2, 0) is 4.79 Å². The molecule has 0 saturated carbocycles. The second kappa shape index (κ2) is 5.19. The molecule has 1 atom stereocenters. The van der Waals surface area contributed by atoms with Gasteiger partial charge in [-0.2, -0.15) is 13.2 Å². The van der Waals surface area contributed by atoms with Crippen molar-refractivity contribution < 1.29 is 18.0 Å². The Kier molecular flexibility index (Phi) is 4.90. The Morgan fingerprint density at radius 2 is 2.00 bits per heavy atom. The minimum absolute atomic E-state index is 0.0443. The van der Waals surface area contributed by atoms with E-state index in [1.807, 2.05) is 0 Å². The van der Waals surface area contributed by atoms with Gasteiger partial charge in [0.25, 0.3) is 0 Å². The molecule has 14 heavy (non-hydrogen) atoms. The number of hydrogen-bond acceptors (Lipinski definition) is 2. The number of carbonyl (C=O) groups excluding carboxylic acids is 1. The molecular formula is C8H15F3N2O. The molecule has 0 spiro atoms. The first-order valence-electron chi connectivity index (χ1n) is 4.37. The topological polar surface area (TPSA) is 46.3 Å². The fraction of sp³-hybridized carbons (Fsp3) is 0.875. The molecule has 0 aliphatic carbocycles. The van der Waals surface area contributed by atoms with Gasteiger partial charge in [0.15, 0.2) is 0 Å². The molecule has 6 heteroatoms. The van der Waals surface area contributed by atoms with Crippen molar-refractivity contribution in [3.8, 4) is 0 Å². The van der Waals surface area contributed by atoms with E-state index in [-0.39, 0.29) is 13.1 Å². The minimum atomic E-state index is -4.35. The predicted molar refractivity (Wildman–Crippen MR) is 46.5 cm³/mol. The standard InChI is InChI=1S/C8H15F3N2O/c1-3-13(5-8(9,10)11)7(14)6(2)4-12/h6H,3-5,12H2,1-2H3. The maximum absolute atomic E-state index is 12.0. The molecule has 0 fully saturated rings. The largest absolute Gasteiger partial charge is 0.406 e. The van der Waals surface area contributed by atoms with Crippen molar-refractivity contribution in [3.05, 3.63) is 0 Å². The van der Waals surface area contributed by atoms with Crippen LogP contribution in [-0.4, -0.2) is 36.6 Å². The molecule has 0 bridgehead atoms. The van der Waals surface area contributed by atoms with Crippen LogP contribution in [0.15, 0.2) is 0 Å². The summed E-state index contributed by atoms with van der Waals surface area (Å²) in [5.41, 5.74) is 5.20. The highest BCUT2D eigenvalue weighted by Crippen LogP contribution is 2.17. The smallest absolute Gasteiger partial charge is 0.334 e. The molecule has 1 unspecified atom stereocenters. The summed E-state index contributed by atoms with van der Waals surface area (Å²) in [5, 5.41) is 0. The molecule has 0 aromatic rings. The van der Waals surface area contributed by atoms with Gasteiger partial charge in [0.1, 0.15) is 6.54 Å². The van der Waals surface area contributed by atoms with Crippen molar-refractivity contribution in [3.63, 3.8) is 0 Å². The van der Waals surface area contributed by atoms with Crippen molar-refractivity contribution in [2.24, 2.45) is 11.7 Å². The van der Waals surface area contributed by atoms with E-state index in [1.54, 1.807) is 0 Å². The van der Waals surface area contributed by atoms with Gasteiger partial charge < -0.3 is 10.6 Å². The minimum Gasteiger partial charge on any atom is -0.334 e. The maximum Gasteiger partial charge on any atom is 0.406 e. The van der Waals surface area contributed by atoms with Gasteiger partial charge in [-0.1, -0.05) is 6.92 Å². The normalized spacial score (nSPS) is 13.9. The maximum atomic E-state index is 12.0. The number of amides is 1. The van der Waals surface area contributed by atoms with E-state index in [2.05, 4.69) is 0 Å². The highest BCUT2D eigenvalue weighted by Gasteiger charge is 2.33. The number of carbonyl (C=O) groups is 1. The Labute approximate surface area is 81.1 Å². The number of nitrogens with zero attached hydrogens (tertiary/aromatic N) is 1. The summed E-state index contributed by atoms with van der Waals surface area (Å²) in [7, 11) is 0. The van der Waals surface area contributed by atoms with Crippen molar-refractivity contribution in [2.45, 2.75) is 20.0 Å². The van der Waals surface area contributed by atoms with Crippen molar-refractivity contribution in [1.29, 1.82) is 0 Å². The molecule has 1 amide bonds. The molecule has 2 N–H and O–H groups in total. The molecule has 84 valence electrons. The molecule has 0 aliphatic rings. The molecule has 0 rings (SSSR count). The monoisotopic (exact) mass is 212 g/mol. The Hall–Kier alpha value is -0.780. The van der Waals surface area contributed by atoms with Gasteiger partial charge in [-0.3, -0.25) is 4.79 Å². The van der Waals surface area contributed by atoms with Crippen LogP contribution in [0.1, 0.15) is 13.8 Å². The van der Waals surface area contributed by atoms with Crippen LogP contribution in [0.5, 0.6) is 0 Å². The second-order valence-corrected chi connectivity index (χ2v) is 3.10. The number of halogens is 3. The number of rotatable bonds is 4. The van der Waals surface area contributed by atoms with Gasteiger partial charge in [-0.25, -0.2) is 0 Å². The third-order valence-corrected chi connectivity index (χ3v) is 1.84. The first-order chi connectivity index (χ1) is 6.31. The van der Waals surface area contributed by atoms with Crippen LogP contribution in [0, 0.1) is 5.92 Å². The molecule has 0 aliphatic heterocycles. The zero-order valence-electron chi connectivity index (χ0n) is 8.27. The lowest BCUT2D eigenvalue weighted by molar-refractivity contribution is -0.162. The summed E-state index contributed by atoms with van der Waals surface area (Å²) in [6.07, 6.45) is -4.35. The van der Waals surface area contributed by atoms with Gasteiger partial charge in [-0.05, 0) is 6.92 Å². The van der Waals surface area contributed by atoms with Gasteiger partial charge in [0.05, 0.1) is 0 Å². The number of alkyl halides is 3. The Morgan fingerprint density at radius 1 is 1.50 bits per heavy atom. The third kappa shape index (κ3) is 4.45. The fourth-order valence-corrected chi connectivity index (χ4v) is 0.974. The van der Waals surface area contributed by atoms with E-state index in [4.69, 9.17) is 5.73 Å². The zero-order chi connectivity index (χ0) is 11.4. The van der Waals surface area contributed by atoms with Crippen LogP contribution in [0.2, 0.25) is 0 Å². The predicted octanol–water partition coefficient (Wildman–Crippen LogP) is 0.992. The van der Waals surface area contributed by atoms with E-state index in [0.29, 0.717) is 0 Å². The molecule has 0 aromatic heterocycles. The van der Waals surface area contributed by atoms with E-state index in [9.17, 15) is 18.0 Å². The van der Waals surface area contributed by atoms with Crippen molar-refractivity contribution in [1.82, 2.24) is 4.90 Å².